The molecule has 2 N–H and O–H groups in total. The van der Waals surface area contributed by atoms with Crippen molar-refractivity contribution in [3.63, 3.8) is 0 Å². The highest BCUT2D eigenvalue weighted by molar-refractivity contribution is 5.85. The summed E-state index contributed by atoms with van der Waals surface area (Å²) in [5.74, 6) is 0.732. The lowest BCUT2D eigenvalue weighted by Crippen LogP contribution is -2.40. The maximum Gasteiger partial charge on any atom is 0.240 e. The number of aliphatic hydroxyl groups excluding tert-OH is 1. The van der Waals surface area contributed by atoms with Crippen molar-refractivity contribution in [2.75, 3.05) is 13.2 Å². The third-order valence-electron chi connectivity index (χ3n) is 4.00. The van der Waals surface area contributed by atoms with Gasteiger partial charge in [0, 0.05) is 13.2 Å². The number of nitriles is 1. The molecule has 4 heteroatoms. The Hall–Kier alpha value is -1.08. The molecule has 0 bridgehead atoms. The Morgan fingerprint density at radius 1 is 1.42 bits per heavy atom. The zero-order chi connectivity index (χ0) is 14.3. The molecular formula is C15H26N2O2. The van der Waals surface area contributed by atoms with Gasteiger partial charge < -0.3 is 10.4 Å². The first-order valence-corrected chi connectivity index (χ1v) is 7.34. The molecule has 1 aliphatic rings. The minimum absolute atomic E-state index is 0.112. The smallest absolute Gasteiger partial charge is 0.240 e. The van der Waals surface area contributed by atoms with Crippen molar-refractivity contribution in [1.82, 2.24) is 5.32 Å². The molecule has 0 aromatic heterocycles. The Morgan fingerprint density at radius 3 is 2.53 bits per heavy atom. The number of hydrogen-bond donors (Lipinski definition) is 2. The van der Waals surface area contributed by atoms with E-state index in [1.807, 2.05) is 0 Å². The number of aliphatic hydroxyl groups is 1. The van der Waals surface area contributed by atoms with Crippen LogP contribution in [-0.2, 0) is 4.79 Å². The first-order chi connectivity index (χ1) is 9.04. The van der Waals surface area contributed by atoms with Crippen LogP contribution in [0.3, 0.4) is 0 Å². The van der Waals surface area contributed by atoms with Crippen molar-refractivity contribution in [3.8, 4) is 6.07 Å². The molecule has 1 saturated carbocycles. The summed E-state index contributed by atoms with van der Waals surface area (Å²) < 4.78 is 0. The molecule has 19 heavy (non-hydrogen) atoms. The summed E-state index contributed by atoms with van der Waals surface area (Å²) in [6.45, 7) is 5.00. The summed E-state index contributed by atoms with van der Waals surface area (Å²) in [5, 5.41) is 21.2. The lowest BCUT2D eigenvalue weighted by atomic mass is 9.86. The van der Waals surface area contributed by atoms with Crippen LogP contribution in [-0.4, -0.2) is 24.2 Å². The average molecular weight is 266 g/mol. The van der Waals surface area contributed by atoms with Crippen LogP contribution in [0, 0.1) is 28.6 Å². The van der Waals surface area contributed by atoms with Gasteiger partial charge in [0.2, 0.25) is 5.91 Å². The fourth-order valence-electron chi connectivity index (χ4n) is 2.93. The van der Waals surface area contributed by atoms with E-state index in [0.717, 1.165) is 19.3 Å². The Kier molecular flexibility index (Phi) is 6.30. The summed E-state index contributed by atoms with van der Waals surface area (Å²) in [4.78, 5) is 12.2. The maximum atomic E-state index is 12.2. The van der Waals surface area contributed by atoms with Gasteiger partial charge in [0.1, 0.15) is 5.41 Å². The molecule has 1 rings (SSSR count). The van der Waals surface area contributed by atoms with Crippen molar-refractivity contribution in [2.45, 2.75) is 52.4 Å². The zero-order valence-corrected chi connectivity index (χ0v) is 12.1. The standard InChI is InChI=1S/C15H26N2O2/c1-12(2)9-13(5-8-18)10-17-14(19)15(11-16)6-3-4-7-15/h12-13,18H,3-10H2,1-2H3,(H,17,19)/t13-/m0/s1. The average Bonchev–Trinajstić information content (AvgIpc) is 2.85. The van der Waals surface area contributed by atoms with Crippen LogP contribution >= 0.6 is 0 Å². The second-order valence-electron chi connectivity index (χ2n) is 6.12. The van der Waals surface area contributed by atoms with Gasteiger partial charge in [-0.05, 0) is 37.5 Å². The normalized spacial score (nSPS) is 19.1. The Labute approximate surface area is 116 Å². The number of carbonyl (C=O) groups excluding carboxylic acids is 1. The van der Waals surface area contributed by atoms with Crippen LogP contribution < -0.4 is 5.32 Å². The quantitative estimate of drug-likeness (QED) is 0.742. The van der Waals surface area contributed by atoms with Crippen LogP contribution in [0.25, 0.3) is 0 Å². The van der Waals surface area contributed by atoms with E-state index in [9.17, 15) is 10.1 Å². The predicted octanol–water partition coefficient (Wildman–Crippen LogP) is 2.23. The number of hydrogen-bond acceptors (Lipinski definition) is 3. The van der Waals surface area contributed by atoms with E-state index in [-0.39, 0.29) is 12.5 Å². The number of rotatable bonds is 7. The van der Waals surface area contributed by atoms with Gasteiger partial charge in [-0.25, -0.2) is 0 Å². The van der Waals surface area contributed by atoms with E-state index in [2.05, 4.69) is 25.2 Å². The molecule has 108 valence electrons. The first-order valence-electron chi connectivity index (χ1n) is 7.34. The summed E-state index contributed by atoms with van der Waals surface area (Å²) in [6.07, 6.45) is 4.99. The van der Waals surface area contributed by atoms with Gasteiger partial charge in [-0.15, -0.1) is 0 Å². The molecule has 0 heterocycles. The minimum atomic E-state index is -0.790. The lowest BCUT2D eigenvalue weighted by Gasteiger charge is -2.23. The van der Waals surface area contributed by atoms with Crippen molar-refractivity contribution >= 4 is 5.91 Å². The SMILES string of the molecule is CC(C)C[C@H](CCO)CNC(=O)C1(C#N)CCCC1. The van der Waals surface area contributed by atoms with Crippen LogP contribution in [0.4, 0.5) is 0 Å². The van der Waals surface area contributed by atoms with Gasteiger partial charge in [0.05, 0.1) is 6.07 Å². The summed E-state index contributed by atoms with van der Waals surface area (Å²) in [6, 6.07) is 2.21. The number of nitrogens with one attached hydrogen (secondary N) is 1. The molecule has 0 aliphatic heterocycles. The molecule has 0 spiro atoms. The van der Waals surface area contributed by atoms with E-state index in [1.54, 1.807) is 0 Å². The molecule has 0 unspecified atom stereocenters. The molecule has 0 aromatic carbocycles. The largest absolute Gasteiger partial charge is 0.396 e. The van der Waals surface area contributed by atoms with Crippen LogP contribution in [0.1, 0.15) is 52.4 Å². The Morgan fingerprint density at radius 2 is 2.05 bits per heavy atom. The number of carbonyl (C=O) groups is 1. The van der Waals surface area contributed by atoms with E-state index in [1.165, 1.54) is 0 Å². The molecule has 4 nitrogen and oxygen atoms in total. The van der Waals surface area contributed by atoms with E-state index in [0.29, 0.717) is 37.6 Å². The Bertz CT molecular complexity index is 328. The van der Waals surface area contributed by atoms with Crippen LogP contribution in [0.5, 0.6) is 0 Å². The molecule has 0 saturated heterocycles. The maximum absolute atomic E-state index is 12.2. The van der Waals surface area contributed by atoms with Crippen LogP contribution in [0.15, 0.2) is 0 Å². The van der Waals surface area contributed by atoms with E-state index >= 15 is 0 Å². The first kappa shape index (κ1) is 16.0. The fourth-order valence-corrected chi connectivity index (χ4v) is 2.93. The van der Waals surface area contributed by atoms with Gasteiger partial charge in [-0.2, -0.15) is 5.26 Å². The van der Waals surface area contributed by atoms with Crippen molar-refractivity contribution < 1.29 is 9.90 Å². The van der Waals surface area contributed by atoms with Gasteiger partial charge in [-0.3, -0.25) is 4.79 Å². The summed E-state index contributed by atoms with van der Waals surface area (Å²) >= 11 is 0. The molecule has 1 amide bonds. The fraction of sp³-hybridized carbons (Fsp3) is 0.867. The second-order valence-corrected chi connectivity index (χ2v) is 6.12. The van der Waals surface area contributed by atoms with E-state index in [4.69, 9.17) is 5.11 Å². The highest BCUT2D eigenvalue weighted by Crippen LogP contribution is 2.37. The van der Waals surface area contributed by atoms with Crippen molar-refractivity contribution in [2.24, 2.45) is 17.3 Å². The zero-order valence-electron chi connectivity index (χ0n) is 12.1. The van der Waals surface area contributed by atoms with E-state index < -0.39 is 5.41 Å². The van der Waals surface area contributed by atoms with Gasteiger partial charge >= 0.3 is 0 Å². The Balaban J connectivity index is 2.49. The summed E-state index contributed by atoms with van der Waals surface area (Å²) in [5.41, 5.74) is -0.790. The van der Waals surface area contributed by atoms with Gasteiger partial charge in [-0.1, -0.05) is 26.7 Å². The number of nitrogens with zero attached hydrogens (tertiary/aromatic N) is 1. The molecule has 1 aliphatic carbocycles. The molecule has 1 fully saturated rings. The molecule has 0 aromatic rings. The lowest BCUT2D eigenvalue weighted by molar-refractivity contribution is -0.128. The van der Waals surface area contributed by atoms with Crippen LogP contribution in [0.2, 0.25) is 0 Å². The topological polar surface area (TPSA) is 73.1 Å². The van der Waals surface area contributed by atoms with Crippen molar-refractivity contribution in [1.29, 1.82) is 5.26 Å². The molecule has 1 atom stereocenters. The highest BCUT2D eigenvalue weighted by Gasteiger charge is 2.41. The minimum Gasteiger partial charge on any atom is -0.396 e. The van der Waals surface area contributed by atoms with Gasteiger partial charge in [0.15, 0.2) is 0 Å². The monoisotopic (exact) mass is 266 g/mol. The third kappa shape index (κ3) is 4.50. The van der Waals surface area contributed by atoms with Gasteiger partial charge in [0.25, 0.3) is 0 Å². The molecule has 0 radical (unpaired) electrons. The van der Waals surface area contributed by atoms with Crippen molar-refractivity contribution in [3.05, 3.63) is 0 Å². The molecular weight excluding hydrogens is 240 g/mol. The predicted molar refractivity (Wildman–Crippen MR) is 74.2 cm³/mol. The third-order valence-corrected chi connectivity index (χ3v) is 4.00. The second kappa shape index (κ2) is 7.49. The number of amides is 1. The highest BCUT2D eigenvalue weighted by atomic mass is 16.3. The summed E-state index contributed by atoms with van der Waals surface area (Å²) in [7, 11) is 0.